The van der Waals surface area contributed by atoms with Crippen molar-refractivity contribution in [2.24, 2.45) is 23.2 Å². The molecule has 3 nitrogen and oxygen atoms in total. The lowest BCUT2D eigenvalue weighted by Gasteiger charge is -2.21. The number of ether oxygens (including phenoxy) is 1. The minimum absolute atomic E-state index is 0.245. The van der Waals surface area contributed by atoms with E-state index in [4.69, 9.17) is 4.74 Å². The minimum Gasteiger partial charge on any atom is -0.389 e. The molecule has 0 aromatic heterocycles. The lowest BCUT2D eigenvalue weighted by molar-refractivity contribution is -0.152. The van der Waals surface area contributed by atoms with Crippen LogP contribution in [0.25, 0.3) is 0 Å². The Balaban J connectivity index is 2.11. The van der Waals surface area contributed by atoms with Gasteiger partial charge in [0, 0.05) is 0 Å². The monoisotopic (exact) mass is 248 g/mol. The van der Waals surface area contributed by atoms with Crippen LogP contribution in [0, 0.1) is 23.2 Å². The van der Waals surface area contributed by atoms with Crippen LogP contribution in [0.15, 0.2) is 11.1 Å². The third-order valence-electron chi connectivity index (χ3n) is 4.88. The van der Waals surface area contributed by atoms with Gasteiger partial charge in [-0.05, 0) is 42.9 Å². The average Bonchev–Trinajstić information content (AvgIpc) is 2.67. The quantitative estimate of drug-likeness (QED) is 0.489. The van der Waals surface area contributed by atoms with Crippen LogP contribution in [0.1, 0.15) is 46.5 Å². The molecule has 1 saturated heterocycles. The van der Waals surface area contributed by atoms with Gasteiger partial charge in [-0.1, -0.05) is 26.3 Å². The SMILES string of the molecule is CC1CCC2C(=O)OC(=O)C2=C2CC(C)(C)CC21. The van der Waals surface area contributed by atoms with Gasteiger partial charge in [0.25, 0.3) is 0 Å². The first-order chi connectivity index (χ1) is 8.39. The maximum absolute atomic E-state index is 11.9. The molecule has 3 unspecified atom stereocenters. The highest BCUT2D eigenvalue weighted by Gasteiger charge is 2.49. The number of carbonyl (C=O) groups is 2. The summed E-state index contributed by atoms with van der Waals surface area (Å²) in [7, 11) is 0. The Morgan fingerprint density at radius 3 is 2.67 bits per heavy atom. The first-order valence-electron chi connectivity index (χ1n) is 6.88. The van der Waals surface area contributed by atoms with Crippen molar-refractivity contribution in [3.63, 3.8) is 0 Å². The Morgan fingerprint density at radius 2 is 1.94 bits per heavy atom. The number of fused-ring (bicyclic) bond motifs is 2. The molecule has 0 bridgehead atoms. The molecule has 3 heteroatoms. The van der Waals surface area contributed by atoms with E-state index in [0.29, 0.717) is 11.8 Å². The Morgan fingerprint density at radius 1 is 1.22 bits per heavy atom. The molecule has 2 fully saturated rings. The third kappa shape index (κ3) is 1.63. The van der Waals surface area contributed by atoms with E-state index in [-0.39, 0.29) is 23.3 Å². The van der Waals surface area contributed by atoms with Crippen LogP contribution in [0.5, 0.6) is 0 Å². The summed E-state index contributed by atoms with van der Waals surface area (Å²) in [6.45, 7) is 6.75. The van der Waals surface area contributed by atoms with Crippen LogP contribution >= 0.6 is 0 Å². The zero-order chi connectivity index (χ0) is 13.1. The summed E-state index contributed by atoms with van der Waals surface area (Å²) in [5.74, 6) is 0.0876. The van der Waals surface area contributed by atoms with Gasteiger partial charge in [-0.25, -0.2) is 4.79 Å². The number of hydrogen-bond acceptors (Lipinski definition) is 3. The van der Waals surface area contributed by atoms with E-state index in [1.807, 2.05) is 0 Å². The van der Waals surface area contributed by atoms with Crippen LogP contribution in [0.2, 0.25) is 0 Å². The van der Waals surface area contributed by atoms with E-state index in [0.717, 1.165) is 31.3 Å². The predicted octanol–water partition coefficient (Wildman–Crippen LogP) is 2.85. The molecular formula is C15H20O3. The highest BCUT2D eigenvalue weighted by atomic mass is 16.6. The fourth-order valence-electron chi connectivity index (χ4n) is 4.00. The molecule has 2 aliphatic carbocycles. The zero-order valence-corrected chi connectivity index (χ0v) is 11.3. The fourth-order valence-corrected chi connectivity index (χ4v) is 4.00. The molecular weight excluding hydrogens is 228 g/mol. The van der Waals surface area contributed by atoms with Crippen molar-refractivity contribution in [2.75, 3.05) is 0 Å². The van der Waals surface area contributed by atoms with Gasteiger partial charge in [0.2, 0.25) is 0 Å². The van der Waals surface area contributed by atoms with Gasteiger partial charge in [0.15, 0.2) is 0 Å². The molecule has 0 N–H and O–H groups in total. The van der Waals surface area contributed by atoms with Gasteiger partial charge >= 0.3 is 11.9 Å². The first-order valence-corrected chi connectivity index (χ1v) is 6.88. The highest BCUT2D eigenvalue weighted by molar-refractivity contribution is 6.08. The topological polar surface area (TPSA) is 43.4 Å². The Kier molecular flexibility index (Phi) is 2.45. The number of hydrogen-bond donors (Lipinski definition) is 0. The van der Waals surface area contributed by atoms with E-state index in [9.17, 15) is 9.59 Å². The second kappa shape index (κ2) is 3.69. The summed E-state index contributed by atoms with van der Waals surface area (Å²) in [6, 6.07) is 0. The molecule has 0 spiro atoms. The maximum atomic E-state index is 11.9. The van der Waals surface area contributed by atoms with Gasteiger partial charge in [-0.15, -0.1) is 0 Å². The van der Waals surface area contributed by atoms with Crippen molar-refractivity contribution in [3.8, 4) is 0 Å². The lowest BCUT2D eigenvalue weighted by atomic mass is 9.84. The Bertz CT molecular complexity index is 458. The van der Waals surface area contributed by atoms with Gasteiger partial charge in [0.05, 0.1) is 11.5 Å². The summed E-state index contributed by atoms with van der Waals surface area (Å²) in [6.07, 6.45) is 3.86. The molecule has 0 radical (unpaired) electrons. The zero-order valence-electron chi connectivity index (χ0n) is 11.3. The molecule has 0 amide bonds. The molecule has 3 rings (SSSR count). The van der Waals surface area contributed by atoms with Crippen LogP contribution < -0.4 is 0 Å². The minimum atomic E-state index is -0.364. The second-order valence-electron chi connectivity index (χ2n) is 6.91. The van der Waals surface area contributed by atoms with E-state index < -0.39 is 0 Å². The second-order valence-corrected chi connectivity index (χ2v) is 6.91. The molecule has 98 valence electrons. The molecule has 0 aromatic rings. The molecule has 1 aliphatic heterocycles. The Labute approximate surface area is 108 Å². The van der Waals surface area contributed by atoms with Crippen molar-refractivity contribution in [3.05, 3.63) is 11.1 Å². The van der Waals surface area contributed by atoms with E-state index in [1.165, 1.54) is 5.57 Å². The van der Waals surface area contributed by atoms with Gasteiger partial charge in [-0.2, -0.15) is 0 Å². The molecule has 18 heavy (non-hydrogen) atoms. The number of esters is 2. The normalized spacial score (nSPS) is 38.3. The van der Waals surface area contributed by atoms with Gasteiger partial charge in [0.1, 0.15) is 0 Å². The van der Waals surface area contributed by atoms with Crippen LogP contribution in [-0.4, -0.2) is 11.9 Å². The van der Waals surface area contributed by atoms with E-state index >= 15 is 0 Å². The van der Waals surface area contributed by atoms with Crippen molar-refractivity contribution < 1.29 is 14.3 Å². The molecule has 1 saturated carbocycles. The molecule has 0 aromatic carbocycles. The van der Waals surface area contributed by atoms with E-state index in [2.05, 4.69) is 20.8 Å². The van der Waals surface area contributed by atoms with Crippen molar-refractivity contribution in [2.45, 2.75) is 46.5 Å². The summed E-state index contributed by atoms with van der Waals surface area (Å²) in [5.41, 5.74) is 2.19. The smallest absolute Gasteiger partial charge is 0.342 e. The number of carbonyl (C=O) groups excluding carboxylic acids is 2. The van der Waals surface area contributed by atoms with Crippen LogP contribution in [0.3, 0.4) is 0 Å². The van der Waals surface area contributed by atoms with Gasteiger partial charge < -0.3 is 4.74 Å². The summed E-state index contributed by atoms with van der Waals surface area (Å²) >= 11 is 0. The van der Waals surface area contributed by atoms with Crippen LogP contribution in [0.4, 0.5) is 0 Å². The summed E-state index contributed by atoms with van der Waals surface area (Å²) < 4.78 is 4.84. The Hall–Kier alpha value is -1.12. The van der Waals surface area contributed by atoms with E-state index in [1.54, 1.807) is 0 Å². The molecule has 3 atom stereocenters. The highest BCUT2D eigenvalue weighted by Crippen LogP contribution is 2.53. The largest absolute Gasteiger partial charge is 0.389 e. The van der Waals surface area contributed by atoms with Crippen LogP contribution in [-0.2, 0) is 14.3 Å². The van der Waals surface area contributed by atoms with Crippen molar-refractivity contribution in [1.82, 2.24) is 0 Å². The molecule has 3 aliphatic rings. The first kappa shape index (κ1) is 11.9. The lowest BCUT2D eigenvalue weighted by Crippen LogP contribution is -2.13. The standard InChI is InChI=1S/C15H20O3/c1-8-4-5-9-12(14(17)18-13(9)16)11-7-15(2,3)6-10(8)11/h8-10H,4-7H2,1-3H3. The summed E-state index contributed by atoms with van der Waals surface area (Å²) in [4.78, 5) is 23.7. The summed E-state index contributed by atoms with van der Waals surface area (Å²) in [5, 5.41) is 0. The third-order valence-corrected chi connectivity index (χ3v) is 4.88. The number of allylic oxidation sites excluding steroid dienone is 1. The number of rotatable bonds is 0. The molecule has 1 heterocycles. The fraction of sp³-hybridized carbons (Fsp3) is 0.733. The van der Waals surface area contributed by atoms with Crippen molar-refractivity contribution >= 4 is 11.9 Å². The van der Waals surface area contributed by atoms with Gasteiger partial charge in [-0.3, -0.25) is 4.79 Å². The number of cyclic esters (lactones) is 2. The average molecular weight is 248 g/mol. The van der Waals surface area contributed by atoms with Crippen molar-refractivity contribution in [1.29, 1.82) is 0 Å². The predicted molar refractivity (Wildman–Crippen MR) is 66.5 cm³/mol. The maximum Gasteiger partial charge on any atom is 0.342 e.